The van der Waals surface area contributed by atoms with Gasteiger partial charge in [0.2, 0.25) is 0 Å². The van der Waals surface area contributed by atoms with Crippen molar-refractivity contribution in [2.75, 3.05) is 6.61 Å². The van der Waals surface area contributed by atoms with Crippen molar-refractivity contribution in [1.29, 1.82) is 0 Å². The molecule has 0 unspecified atom stereocenters. The van der Waals surface area contributed by atoms with E-state index in [-0.39, 0.29) is 0 Å². The first kappa shape index (κ1) is 14.3. The molecule has 1 fully saturated rings. The third-order valence-corrected chi connectivity index (χ3v) is 4.59. The first-order valence-corrected chi connectivity index (χ1v) is 7.95. The molecular weight excluding hydrogens is 260 g/mol. The molecule has 1 aliphatic rings. The van der Waals surface area contributed by atoms with Crippen LogP contribution in [0.3, 0.4) is 0 Å². The lowest BCUT2D eigenvalue weighted by Crippen LogP contribution is -2.24. The Morgan fingerprint density at radius 3 is 2.89 bits per heavy atom. The van der Waals surface area contributed by atoms with Crippen LogP contribution in [-0.4, -0.2) is 17.3 Å². The van der Waals surface area contributed by atoms with Crippen LogP contribution in [-0.2, 0) is 11.3 Å². The van der Waals surface area contributed by atoms with Crippen LogP contribution in [0.25, 0.3) is 0 Å². The SMILES string of the molecule is CCOC(=O)/N=c1\scc(C)n1CC1CCCCC1. The maximum Gasteiger partial charge on any atom is 0.436 e. The number of carbonyl (C=O) groups is 1. The summed E-state index contributed by atoms with van der Waals surface area (Å²) in [7, 11) is 0. The number of carbonyl (C=O) groups excluding carboxylic acids is 1. The second kappa shape index (κ2) is 6.89. The minimum atomic E-state index is -0.484. The van der Waals surface area contributed by atoms with Crippen molar-refractivity contribution in [2.24, 2.45) is 10.9 Å². The van der Waals surface area contributed by atoms with Gasteiger partial charge in [-0.1, -0.05) is 19.3 Å². The average molecular weight is 282 g/mol. The van der Waals surface area contributed by atoms with Crippen molar-refractivity contribution in [2.45, 2.75) is 52.5 Å². The van der Waals surface area contributed by atoms with Gasteiger partial charge in [-0.3, -0.25) is 0 Å². The second-order valence-corrected chi connectivity index (χ2v) is 5.92. The van der Waals surface area contributed by atoms with Crippen molar-refractivity contribution in [3.8, 4) is 0 Å². The van der Waals surface area contributed by atoms with Crippen molar-refractivity contribution in [3.05, 3.63) is 15.9 Å². The molecule has 0 aromatic carbocycles. The number of aryl methyl sites for hydroxylation is 1. The van der Waals surface area contributed by atoms with Crippen molar-refractivity contribution in [1.82, 2.24) is 4.57 Å². The summed E-state index contributed by atoms with van der Waals surface area (Å²) in [4.78, 5) is 16.3. The first-order valence-electron chi connectivity index (χ1n) is 7.07. The van der Waals surface area contributed by atoms with E-state index in [2.05, 4.69) is 21.9 Å². The van der Waals surface area contributed by atoms with E-state index in [0.717, 1.165) is 17.3 Å². The molecule has 5 heteroatoms. The van der Waals surface area contributed by atoms with E-state index in [1.54, 1.807) is 6.92 Å². The van der Waals surface area contributed by atoms with Gasteiger partial charge in [-0.15, -0.1) is 16.3 Å². The lowest BCUT2D eigenvalue weighted by molar-refractivity contribution is 0.162. The highest BCUT2D eigenvalue weighted by Gasteiger charge is 2.15. The molecule has 0 bridgehead atoms. The number of hydrogen-bond acceptors (Lipinski definition) is 3. The predicted octanol–water partition coefficient (Wildman–Crippen LogP) is 3.50. The van der Waals surface area contributed by atoms with Crippen LogP contribution in [0.2, 0.25) is 0 Å². The fourth-order valence-electron chi connectivity index (χ4n) is 2.59. The largest absolute Gasteiger partial charge is 0.448 e. The van der Waals surface area contributed by atoms with E-state index in [1.165, 1.54) is 49.1 Å². The van der Waals surface area contributed by atoms with Crippen LogP contribution in [0.5, 0.6) is 0 Å². The summed E-state index contributed by atoms with van der Waals surface area (Å²) in [6.07, 6.45) is 6.13. The number of thiazole rings is 1. The maximum absolute atomic E-state index is 11.5. The van der Waals surface area contributed by atoms with Crippen molar-refractivity contribution < 1.29 is 9.53 Å². The second-order valence-electron chi connectivity index (χ2n) is 5.09. The minimum Gasteiger partial charge on any atom is -0.448 e. The Morgan fingerprint density at radius 2 is 2.21 bits per heavy atom. The van der Waals surface area contributed by atoms with E-state index in [0.29, 0.717) is 6.61 Å². The quantitative estimate of drug-likeness (QED) is 0.851. The van der Waals surface area contributed by atoms with Crippen LogP contribution in [0, 0.1) is 12.8 Å². The molecule has 1 amide bonds. The molecule has 2 rings (SSSR count). The molecule has 1 aromatic rings. The van der Waals surface area contributed by atoms with E-state index >= 15 is 0 Å². The summed E-state index contributed by atoms with van der Waals surface area (Å²) >= 11 is 1.51. The third kappa shape index (κ3) is 3.93. The number of aromatic nitrogens is 1. The lowest BCUT2D eigenvalue weighted by Gasteiger charge is -2.22. The van der Waals surface area contributed by atoms with Gasteiger partial charge in [-0.25, -0.2) is 4.79 Å². The van der Waals surface area contributed by atoms with Crippen molar-refractivity contribution >= 4 is 17.4 Å². The zero-order chi connectivity index (χ0) is 13.7. The van der Waals surface area contributed by atoms with Gasteiger partial charge in [-0.05, 0) is 32.6 Å². The summed E-state index contributed by atoms with van der Waals surface area (Å²) in [6.45, 7) is 5.22. The van der Waals surface area contributed by atoms with Gasteiger partial charge in [0.15, 0.2) is 4.80 Å². The Balaban J connectivity index is 2.14. The molecule has 1 aliphatic carbocycles. The topological polar surface area (TPSA) is 43.6 Å². The fourth-order valence-corrected chi connectivity index (χ4v) is 3.46. The monoisotopic (exact) mass is 282 g/mol. The van der Waals surface area contributed by atoms with Crippen LogP contribution in [0.15, 0.2) is 10.4 Å². The number of nitrogens with zero attached hydrogens (tertiary/aromatic N) is 2. The molecular formula is C14H22N2O2S. The van der Waals surface area contributed by atoms with Gasteiger partial charge >= 0.3 is 6.09 Å². The number of ether oxygens (including phenoxy) is 1. The molecule has 0 N–H and O–H groups in total. The summed E-state index contributed by atoms with van der Waals surface area (Å²) in [6, 6.07) is 0. The Morgan fingerprint density at radius 1 is 1.47 bits per heavy atom. The van der Waals surface area contributed by atoms with E-state index < -0.39 is 6.09 Å². The zero-order valence-electron chi connectivity index (χ0n) is 11.7. The molecule has 1 saturated carbocycles. The average Bonchev–Trinajstić information content (AvgIpc) is 2.73. The van der Waals surface area contributed by atoms with Gasteiger partial charge in [0.25, 0.3) is 0 Å². The van der Waals surface area contributed by atoms with Gasteiger partial charge in [0.1, 0.15) is 0 Å². The summed E-state index contributed by atoms with van der Waals surface area (Å²) in [5.41, 5.74) is 1.18. The Kier molecular flexibility index (Phi) is 5.19. The van der Waals surface area contributed by atoms with Gasteiger partial charge in [0.05, 0.1) is 6.61 Å². The maximum atomic E-state index is 11.5. The van der Waals surface area contributed by atoms with Crippen molar-refractivity contribution in [3.63, 3.8) is 0 Å². The highest BCUT2D eigenvalue weighted by molar-refractivity contribution is 7.07. The van der Waals surface area contributed by atoms with Gasteiger partial charge in [-0.2, -0.15) is 0 Å². The third-order valence-electron chi connectivity index (χ3n) is 3.61. The molecule has 106 valence electrons. The predicted molar refractivity (Wildman–Crippen MR) is 76.2 cm³/mol. The summed E-state index contributed by atoms with van der Waals surface area (Å²) < 4.78 is 7.05. The van der Waals surface area contributed by atoms with Crippen LogP contribution < -0.4 is 4.80 Å². The first-order chi connectivity index (χ1) is 9.20. The fraction of sp³-hybridized carbons (Fsp3) is 0.714. The zero-order valence-corrected chi connectivity index (χ0v) is 12.5. The molecule has 0 atom stereocenters. The minimum absolute atomic E-state index is 0.370. The molecule has 1 heterocycles. The highest BCUT2D eigenvalue weighted by atomic mass is 32.1. The molecule has 0 radical (unpaired) electrons. The number of rotatable bonds is 3. The van der Waals surface area contributed by atoms with Gasteiger partial charge < -0.3 is 9.30 Å². The van der Waals surface area contributed by atoms with Crippen LogP contribution in [0.4, 0.5) is 4.79 Å². The standard InChI is InChI=1S/C14H22N2O2S/c1-3-18-14(17)15-13-16(11(2)10-19-13)9-12-7-5-4-6-8-12/h10,12H,3-9H2,1-2H3/b15-13-. The Labute approximate surface area is 118 Å². The molecule has 4 nitrogen and oxygen atoms in total. The van der Waals surface area contributed by atoms with E-state index in [1.807, 2.05) is 0 Å². The Hall–Kier alpha value is -1.10. The van der Waals surface area contributed by atoms with Crippen LogP contribution >= 0.6 is 11.3 Å². The van der Waals surface area contributed by atoms with Gasteiger partial charge in [0, 0.05) is 17.6 Å². The molecule has 0 aliphatic heterocycles. The summed E-state index contributed by atoms with van der Waals surface area (Å²) in [5, 5.41) is 2.06. The molecule has 0 spiro atoms. The normalized spacial score (nSPS) is 17.7. The number of hydrogen-bond donors (Lipinski definition) is 0. The molecule has 19 heavy (non-hydrogen) atoms. The van der Waals surface area contributed by atoms with E-state index in [4.69, 9.17) is 4.74 Å². The highest BCUT2D eigenvalue weighted by Crippen LogP contribution is 2.25. The lowest BCUT2D eigenvalue weighted by atomic mass is 9.89. The molecule has 1 aromatic heterocycles. The number of amides is 1. The van der Waals surface area contributed by atoms with Crippen LogP contribution in [0.1, 0.15) is 44.7 Å². The Bertz CT molecular complexity index is 484. The summed E-state index contributed by atoms with van der Waals surface area (Å²) in [5.74, 6) is 0.725. The van der Waals surface area contributed by atoms with E-state index in [9.17, 15) is 4.79 Å². The smallest absolute Gasteiger partial charge is 0.436 e. The molecule has 0 saturated heterocycles.